The maximum atomic E-state index is 10.4. The van der Waals surface area contributed by atoms with Gasteiger partial charge in [0.15, 0.2) is 0 Å². The largest absolute Gasteiger partial charge is 0.387 e. The Morgan fingerprint density at radius 2 is 2.14 bits per heavy atom. The molecule has 0 aliphatic carbocycles. The number of benzene rings is 1. The van der Waals surface area contributed by atoms with Crippen LogP contribution in [-0.4, -0.2) is 11.9 Å². The molecule has 0 bridgehead atoms. The van der Waals surface area contributed by atoms with Gasteiger partial charge in [0, 0.05) is 11.4 Å². The fraction of sp³-hybridized carbons (Fsp3) is 0.111. The van der Waals surface area contributed by atoms with Crippen molar-refractivity contribution in [2.75, 3.05) is 0 Å². The predicted octanol–water partition coefficient (Wildman–Crippen LogP) is 1.32. The summed E-state index contributed by atoms with van der Waals surface area (Å²) in [5, 5.41) is 0.620. The Bertz CT molecular complexity index is 376. The van der Waals surface area contributed by atoms with E-state index < -0.39 is 6.03 Å². The zero-order chi connectivity index (χ0) is 10.6. The highest BCUT2D eigenvalue weighted by atomic mass is 35.5. The molecule has 5 heteroatoms. The summed E-state index contributed by atoms with van der Waals surface area (Å²) in [6, 6.07) is 6.37. The van der Waals surface area contributed by atoms with Crippen molar-refractivity contribution in [2.24, 2.45) is 16.5 Å². The van der Waals surface area contributed by atoms with E-state index in [-0.39, 0.29) is 5.84 Å². The molecule has 0 saturated carbocycles. The summed E-state index contributed by atoms with van der Waals surface area (Å²) in [4.78, 5) is 13.8. The van der Waals surface area contributed by atoms with Gasteiger partial charge in [-0.05, 0) is 17.7 Å². The lowest BCUT2D eigenvalue weighted by Gasteiger charge is -2.00. The van der Waals surface area contributed by atoms with Crippen LogP contribution in [0.15, 0.2) is 29.3 Å². The van der Waals surface area contributed by atoms with E-state index in [2.05, 4.69) is 4.99 Å². The second-order valence-corrected chi connectivity index (χ2v) is 3.18. The third kappa shape index (κ3) is 3.45. The maximum Gasteiger partial charge on any atom is 0.339 e. The molecule has 4 nitrogen and oxygen atoms in total. The van der Waals surface area contributed by atoms with E-state index in [4.69, 9.17) is 23.1 Å². The molecule has 0 aliphatic rings. The van der Waals surface area contributed by atoms with E-state index in [1.54, 1.807) is 18.2 Å². The van der Waals surface area contributed by atoms with Crippen LogP contribution in [0.5, 0.6) is 0 Å². The average Bonchev–Trinajstić information content (AvgIpc) is 2.01. The number of amides is 2. The van der Waals surface area contributed by atoms with E-state index in [0.717, 1.165) is 5.56 Å². The fourth-order valence-corrected chi connectivity index (χ4v) is 1.25. The minimum absolute atomic E-state index is 0.180. The number of carbonyl (C=O) groups is 1. The summed E-state index contributed by atoms with van der Waals surface area (Å²) in [5.74, 6) is 0.180. The summed E-state index contributed by atoms with van der Waals surface area (Å²) in [5.41, 5.74) is 11.2. The molecule has 0 aromatic heterocycles. The lowest BCUT2D eigenvalue weighted by Crippen LogP contribution is -2.19. The minimum atomic E-state index is -0.787. The number of hydrogen-bond acceptors (Lipinski definition) is 1. The molecule has 1 aromatic rings. The number of aliphatic imine (C=N–C) groups is 1. The van der Waals surface area contributed by atoms with E-state index >= 15 is 0 Å². The molecular formula is C9H10ClN3O. The van der Waals surface area contributed by atoms with Gasteiger partial charge >= 0.3 is 6.03 Å². The number of nitrogens with zero attached hydrogens (tertiary/aromatic N) is 1. The van der Waals surface area contributed by atoms with Crippen LogP contribution in [0.25, 0.3) is 0 Å². The highest BCUT2D eigenvalue weighted by Gasteiger charge is 1.99. The van der Waals surface area contributed by atoms with Crippen LogP contribution in [0.2, 0.25) is 5.02 Å². The second-order valence-electron chi connectivity index (χ2n) is 2.75. The zero-order valence-corrected chi connectivity index (χ0v) is 8.16. The number of urea groups is 1. The van der Waals surface area contributed by atoms with Gasteiger partial charge in [0.1, 0.15) is 5.84 Å². The molecular weight excluding hydrogens is 202 g/mol. The third-order valence-electron chi connectivity index (χ3n) is 1.53. The van der Waals surface area contributed by atoms with Gasteiger partial charge in [0.2, 0.25) is 0 Å². The molecule has 14 heavy (non-hydrogen) atoms. The van der Waals surface area contributed by atoms with Gasteiger partial charge < -0.3 is 11.5 Å². The zero-order valence-electron chi connectivity index (χ0n) is 7.40. The summed E-state index contributed by atoms with van der Waals surface area (Å²) in [7, 11) is 0. The SMILES string of the molecule is NC(=O)/N=C(\N)Cc1cccc(Cl)c1. The number of primary amides is 1. The van der Waals surface area contributed by atoms with Crippen molar-refractivity contribution in [1.82, 2.24) is 0 Å². The first kappa shape index (κ1) is 10.5. The van der Waals surface area contributed by atoms with Crippen LogP contribution in [-0.2, 0) is 6.42 Å². The van der Waals surface area contributed by atoms with Crippen LogP contribution < -0.4 is 11.5 Å². The molecule has 0 spiro atoms. The Balaban J connectivity index is 2.74. The summed E-state index contributed by atoms with van der Waals surface area (Å²) >= 11 is 5.76. The van der Waals surface area contributed by atoms with Crippen molar-refractivity contribution in [1.29, 1.82) is 0 Å². The lowest BCUT2D eigenvalue weighted by molar-refractivity contribution is 0.256. The number of nitrogens with two attached hydrogens (primary N) is 2. The van der Waals surface area contributed by atoms with Gasteiger partial charge in [0.25, 0.3) is 0 Å². The second kappa shape index (κ2) is 4.62. The van der Waals surface area contributed by atoms with Gasteiger partial charge in [-0.1, -0.05) is 23.7 Å². The highest BCUT2D eigenvalue weighted by Crippen LogP contribution is 2.10. The molecule has 2 amide bonds. The summed E-state index contributed by atoms with van der Waals surface area (Å²) in [6.07, 6.45) is 0.365. The number of amidine groups is 1. The van der Waals surface area contributed by atoms with E-state index in [9.17, 15) is 4.79 Å². The highest BCUT2D eigenvalue weighted by molar-refractivity contribution is 6.30. The lowest BCUT2D eigenvalue weighted by atomic mass is 10.1. The van der Waals surface area contributed by atoms with Gasteiger partial charge in [0.05, 0.1) is 0 Å². The molecule has 0 saturated heterocycles. The monoisotopic (exact) mass is 211 g/mol. The Morgan fingerprint density at radius 1 is 1.43 bits per heavy atom. The normalized spacial score (nSPS) is 11.4. The van der Waals surface area contributed by atoms with Crippen molar-refractivity contribution < 1.29 is 4.79 Å². The summed E-state index contributed by atoms with van der Waals surface area (Å²) in [6.45, 7) is 0. The Hall–Kier alpha value is -1.55. The molecule has 1 rings (SSSR count). The first-order chi connectivity index (χ1) is 6.58. The van der Waals surface area contributed by atoms with Crippen LogP contribution in [0.1, 0.15) is 5.56 Å². The molecule has 0 atom stereocenters. The molecule has 0 aliphatic heterocycles. The molecule has 0 fully saturated rings. The van der Waals surface area contributed by atoms with Crippen molar-refractivity contribution >= 4 is 23.5 Å². The van der Waals surface area contributed by atoms with Crippen LogP contribution in [0, 0.1) is 0 Å². The molecule has 0 radical (unpaired) electrons. The van der Waals surface area contributed by atoms with Crippen LogP contribution >= 0.6 is 11.6 Å². The van der Waals surface area contributed by atoms with E-state index in [0.29, 0.717) is 11.4 Å². The maximum absolute atomic E-state index is 10.4. The Kier molecular flexibility index (Phi) is 3.48. The minimum Gasteiger partial charge on any atom is -0.387 e. The number of hydrogen-bond donors (Lipinski definition) is 2. The van der Waals surface area contributed by atoms with Crippen molar-refractivity contribution in [3.8, 4) is 0 Å². The number of halogens is 1. The van der Waals surface area contributed by atoms with Gasteiger partial charge in [-0.15, -0.1) is 0 Å². The topological polar surface area (TPSA) is 81.5 Å². The van der Waals surface area contributed by atoms with Gasteiger partial charge in [-0.3, -0.25) is 0 Å². The number of rotatable bonds is 2. The molecule has 1 aromatic carbocycles. The Morgan fingerprint density at radius 3 is 2.71 bits per heavy atom. The van der Waals surface area contributed by atoms with Crippen LogP contribution in [0.3, 0.4) is 0 Å². The van der Waals surface area contributed by atoms with Gasteiger partial charge in [-0.2, -0.15) is 4.99 Å². The van der Waals surface area contributed by atoms with Gasteiger partial charge in [-0.25, -0.2) is 4.79 Å². The van der Waals surface area contributed by atoms with Crippen molar-refractivity contribution in [3.63, 3.8) is 0 Å². The molecule has 0 unspecified atom stereocenters. The Labute approximate surface area is 86.6 Å². The first-order valence-electron chi connectivity index (χ1n) is 3.95. The third-order valence-corrected chi connectivity index (χ3v) is 1.76. The average molecular weight is 212 g/mol. The van der Waals surface area contributed by atoms with E-state index in [1.807, 2.05) is 6.07 Å². The summed E-state index contributed by atoms with van der Waals surface area (Å²) < 4.78 is 0. The smallest absolute Gasteiger partial charge is 0.339 e. The predicted molar refractivity (Wildman–Crippen MR) is 56.4 cm³/mol. The molecule has 74 valence electrons. The van der Waals surface area contributed by atoms with E-state index in [1.165, 1.54) is 0 Å². The van der Waals surface area contributed by atoms with Crippen LogP contribution in [0.4, 0.5) is 4.79 Å². The van der Waals surface area contributed by atoms with Crippen molar-refractivity contribution in [3.05, 3.63) is 34.9 Å². The fourth-order valence-electron chi connectivity index (χ4n) is 1.04. The first-order valence-corrected chi connectivity index (χ1v) is 4.32. The standard InChI is InChI=1S/C9H10ClN3O/c10-7-3-1-2-6(4-7)5-8(11)13-9(12)14/h1-4H,5H2,(H4,11,12,13,14). The molecule has 4 N–H and O–H groups in total. The quantitative estimate of drug-likeness (QED) is 0.571. The van der Waals surface area contributed by atoms with Crippen molar-refractivity contribution in [2.45, 2.75) is 6.42 Å². The number of carbonyl (C=O) groups excluding carboxylic acids is 1. The molecule has 0 heterocycles.